The lowest BCUT2D eigenvalue weighted by atomic mass is 10.1. The van der Waals surface area contributed by atoms with Gasteiger partial charge in [0, 0.05) is 18.0 Å². The third-order valence-electron chi connectivity index (χ3n) is 4.96. The van der Waals surface area contributed by atoms with E-state index in [0.29, 0.717) is 48.2 Å². The van der Waals surface area contributed by atoms with E-state index in [1.165, 1.54) is 0 Å². The molecule has 7 nitrogen and oxygen atoms in total. The maximum Gasteiger partial charge on any atom is 0.261 e. The van der Waals surface area contributed by atoms with E-state index in [-0.39, 0.29) is 22.1 Å². The molecule has 8 heteroatoms. The molecule has 2 aliphatic rings. The second kappa shape index (κ2) is 6.70. The van der Waals surface area contributed by atoms with Gasteiger partial charge in [-0.15, -0.1) is 0 Å². The Morgan fingerprint density at radius 1 is 1.14 bits per heavy atom. The number of anilines is 1. The Labute approximate surface area is 170 Å². The van der Waals surface area contributed by atoms with Crippen LogP contribution in [0.3, 0.4) is 0 Å². The van der Waals surface area contributed by atoms with Crippen molar-refractivity contribution in [2.75, 3.05) is 18.5 Å². The van der Waals surface area contributed by atoms with Gasteiger partial charge in [0.1, 0.15) is 30.6 Å². The van der Waals surface area contributed by atoms with Crippen LogP contribution >= 0.6 is 11.6 Å². The highest BCUT2D eigenvalue weighted by Gasteiger charge is 2.25. The number of fused-ring (bicyclic) bond motifs is 1. The van der Waals surface area contributed by atoms with Crippen LogP contribution in [-0.4, -0.2) is 29.8 Å². The van der Waals surface area contributed by atoms with Gasteiger partial charge in [0.05, 0.1) is 22.5 Å². The van der Waals surface area contributed by atoms with Crippen molar-refractivity contribution in [3.8, 4) is 17.2 Å². The highest BCUT2D eigenvalue weighted by molar-refractivity contribution is 6.35. The van der Waals surface area contributed by atoms with Gasteiger partial charge >= 0.3 is 0 Å². The van der Waals surface area contributed by atoms with Crippen LogP contribution < -0.4 is 25.0 Å². The first-order valence-corrected chi connectivity index (χ1v) is 9.62. The molecule has 0 bridgehead atoms. The average molecular weight is 413 g/mol. The molecule has 0 fully saturated rings. The number of amides is 1. The Hall–Kier alpha value is -3.19. The van der Waals surface area contributed by atoms with Crippen LogP contribution in [0.5, 0.6) is 17.2 Å². The molecule has 1 N–H and O–H groups in total. The summed E-state index contributed by atoms with van der Waals surface area (Å²) in [4.78, 5) is 26.0. The average Bonchev–Trinajstić information content (AvgIpc) is 2.71. The maximum atomic E-state index is 13.1. The summed E-state index contributed by atoms with van der Waals surface area (Å²) in [6.45, 7) is 3.37. The van der Waals surface area contributed by atoms with Gasteiger partial charge in [-0.1, -0.05) is 11.6 Å². The summed E-state index contributed by atoms with van der Waals surface area (Å²) in [6, 6.07) is 8.46. The number of carbonyl (C=O) groups is 1. The lowest BCUT2D eigenvalue weighted by molar-refractivity contribution is 0.102. The molecule has 3 aromatic rings. The number of pyridine rings is 1. The van der Waals surface area contributed by atoms with Gasteiger partial charge in [-0.3, -0.25) is 9.59 Å². The van der Waals surface area contributed by atoms with E-state index in [9.17, 15) is 9.59 Å². The highest BCUT2D eigenvalue weighted by Crippen LogP contribution is 2.34. The number of halogens is 1. The summed E-state index contributed by atoms with van der Waals surface area (Å²) < 4.78 is 18.7. The molecule has 0 aliphatic carbocycles. The van der Waals surface area contributed by atoms with E-state index in [4.69, 9.17) is 25.8 Å². The van der Waals surface area contributed by atoms with E-state index >= 15 is 0 Å². The lowest BCUT2D eigenvalue weighted by Gasteiger charge is -2.26. The van der Waals surface area contributed by atoms with Crippen molar-refractivity contribution in [2.45, 2.75) is 19.6 Å². The van der Waals surface area contributed by atoms with Gasteiger partial charge in [0.2, 0.25) is 5.43 Å². The molecule has 2 aliphatic heterocycles. The standard InChI is InChI=1S/C21H17ClN2O5/c1-11-9-24-10-13(20(25)18-14(22)3-5-16(29-11)19(18)24)21(26)23-12-2-4-15-17(8-12)28-7-6-27-15/h2-5,8,10-11H,6-7,9H2,1H3,(H,23,26)/t11-/m1/s1. The Balaban J connectivity index is 1.57. The first-order valence-electron chi connectivity index (χ1n) is 9.24. The van der Waals surface area contributed by atoms with Crippen molar-refractivity contribution < 1.29 is 19.0 Å². The van der Waals surface area contributed by atoms with Crippen molar-refractivity contribution in [2.24, 2.45) is 0 Å². The van der Waals surface area contributed by atoms with E-state index in [1.807, 2.05) is 11.5 Å². The van der Waals surface area contributed by atoms with Crippen LogP contribution in [0, 0.1) is 0 Å². The molecule has 0 spiro atoms. The van der Waals surface area contributed by atoms with Crippen LogP contribution in [0.1, 0.15) is 17.3 Å². The molecule has 29 heavy (non-hydrogen) atoms. The Kier molecular flexibility index (Phi) is 4.13. The van der Waals surface area contributed by atoms with E-state index in [0.717, 1.165) is 0 Å². The fourth-order valence-electron chi connectivity index (χ4n) is 3.71. The Morgan fingerprint density at radius 3 is 2.72 bits per heavy atom. The van der Waals surface area contributed by atoms with Crippen molar-refractivity contribution in [1.29, 1.82) is 0 Å². The molecule has 0 radical (unpaired) electrons. The minimum Gasteiger partial charge on any atom is -0.487 e. The fourth-order valence-corrected chi connectivity index (χ4v) is 3.95. The normalized spacial score (nSPS) is 17.0. The summed E-state index contributed by atoms with van der Waals surface area (Å²) in [6.07, 6.45) is 1.47. The van der Waals surface area contributed by atoms with Crippen molar-refractivity contribution in [1.82, 2.24) is 4.57 Å². The number of benzene rings is 2. The highest BCUT2D eigenvalue weighted by atomic mass is 35.5. The van der Waals surface area contributed by atoms with Crippen molar-refractivity contribution >= 4 is 34.1 Å². The fraction of sp³-hybridized carbons (Fsp3) is 0.238. The maximum absolute atomic E-state index is 13.1. The molecule has 3 heterocycles. The second-order valence-corrected chi connectivity index (χ2v) is 7.44. The zero-order chi connectivity index (χ0) is 20.1. The molecule has 0 saturated carbocycles. The molecule has 5 rings (SSSR count). The molecule has 0 unspecified atom stereocenters. The molecule has 1 aromatic heterocycles. The lowest BCUT2D eigenvalue weighted by Crippen LogP contribution is -2.30. The number of hydrogen-bond acceptors (Lipinski definition) is 5. The molecule has 0 saturated heterocycles. The minimum atomic E-state index is -0.516. The molecular weight excluding hydrogens is 396 g/mol. The topological polar surface area (TPSA) is 78.8 Å². The number of ether oxygens (including phenoxy) is 3. The molecule has 148 valence electrons. The monoisotopic (exact) mass is 412 g/mol. The molecule has 1 amide bonds. The quantitative estimate of drug-likeness (QED) is 0.697. The molecular formula is C21H17ClN2O5. The van der Waals surface area contributed by atoms with Gasteiger partial charge in [-0.2, -0.15) is 0 Å². The van der Waals surface area contributed by atoms with Crippen molar-refractivity contribution in [3.05, 3.63) is 57.3 Å². The third-order valence-corrected chi connectivity index (χ3v) is 5.28. The number of nitrogens with zero attached hydrogens (tertiary/aromatic N) is 1. The van der Waals surface area contributed by atoms with Crippen LogP contribution in [0.25, 0.3) is 10.9 Å². The van der Waals surface area contributed by atoms with Gasteiger partial charge in [-0.05, 0) is 31.2 Å². The SMILES string of the molecule is C[C@@H]1Cn2cc(C(=O)Nc3ccc4c(c3)OCCO4)c(=O)c3c(Cl)ccc(c32)O1. The summed E-state index contributed by atoms with van der Waals surface area (Å²) in [5, 5.41) is 3.34. The predicted molar refractivity (Wildman–Crippen MR) is 109 cm³/mol. The zero-order valence-corrected chi connectivity index (χ0v) is 16.3. The van der Waals surface area contributed by atoms with Crippen molar-refractivity contribution in [3.63, 3.8) is 0 Å². The number of nitrogens with one attached hydrogen (secondary N) is 1. The molecule has 2 aromatic carbocycles. The Morgan fingerprint density at radius 2 is 1.90 bits per heavy atom. The molecule has 1 atom stereocenters. The number of hydrogen-bond donors (Lipinski definition) is 1. The Bertz CT molecular complexity index is 1220. The van der Waals surface area contributed by atoms with Gasteiger partial charge in [0.15, 0.2) is 11.5 Å². The number of aromatic nitrogens is 1. The first kappa shape index (κ1) is 17.9. The van der Waals surface area contributed by atoms with E-state index < -0.39 is 11.3 Å². The number of carbonyl (C=O) groups excluding carboxylic acids is 1. The second-order valence-electron chi connectivity index (χ2n) is 7.03. The van der Waals surface area contributed by atoms with Crippen LogP contribution in [-0.2, 0) is 6.54 Å². The number of rotatable bonds is 2. The van der Waals surface area contributed by atoms with E-state index in [2.05, 4.69) is 5.32 Å². The predicted octanol–water partition coefficient (Wildman–Crippen LogP) is 3.46. The largest absolute Gasteiger partial charge is 0.487 e. The van der Waals surface area contributed by atoms with Crippen LogP contribution in [0.15, 0.2) is 41.3 Å². The summed E-state index contributed by atoms with van der Waals surface area (Å²) >= 11 is 6.31. The minimum absolute atomic E-state index is 0.0144. The third kappa shape index (κ3) is 2.98. The van der Waals surface area contributed by atoms with Crippen LogP contribution in [0.4, 0.5) is 5.69 Å². The smallest absolute Gasteiger partial charge is 0.261 e. The van der Waals surface area contributed by atoms with Crippen LogP contribution in [0.2, 0.25) is 5.02 Å². The van der Waals surface area contributed by atoms with Gasteiger partial charge in [-0.25, -0.2) is 0 Å². The zero-order valence-electron chi connectivity index (χ0n) is 15.5. The summed E-state index contributed by atoms with van der Waals surface area (Å²) in [5.74, 6) is 1.24. The van der Waals surface area contributed by atoms with Gasteiger partial charge in [0.25, 0.3) is 5.91 Å². The van der Waals surface area contributed by atoms with E-state index in [1.54, 1.807) is 36.5 Å². The summed E-state index contributed by atoms with van der Waals surface area (Å²) in [5.41, 5.74) is 0.697. The first-order chi connectivity index (χ1) is 14.0. The summed E-state index contributed by atoms with van der Waals surface area (Å²) in [7, 11) is 0. The van der Waals surface area contributed by atoms with Gasteiger partial charge < -0.3 is 24.1 Å².